The van der Waals surface area contributed by atoms with E-state index in [-0.39, 0.29) is 5.91 Å². The minimum atomic E-state index is -0.254. The first-order valence-corrected chi connectivity index (χ1v) is 7.33. The molecule has 0 atom stereocenters. The first-order valence-electron chi connectivity index (χ1n) is 6.14. The zero-order valence-corrected chi connectivity index (χ0v) is 12.4. The Morgan fingerprint density at radius 2 is 2.32 bits per heavy atom. The monoisotopic (exact) mass is 294 g/mol. The fourth-order valence-electron chi connectivity index (χ4n) is 1.67. The minimum Gasteiger partial charge on any atom is -0.266 e. The van der Waals surface area contributed by atoms with Gasteiger partial charge in [0.1, 0.15) is 4.88 Å². The summed E-state index contributed by atoms with van der Waals surface area (Å²) in [4.78, 5) is 12.5. The normalized spacial score (nSPS) is 11.3. The number of halogens is 1. The van der Waals surface area contributed by atoms with Crippen molar-refractivity contribution in [3.05, 3.63) is 33.7 Å². The summed E-state index contributed by atoms with van der Waals surface area (Å²) in [5, 5.41) is 5.31. The van der Waals surface area contributed by atoms with Gasteiger partial charge >= 0.3 is 0 Å². The fraction of sp³-hybridized carbons (Fsp3) is 0.286. The van der Waals surface area contributed by atoms with Crippen LogP contribution in [0.4, 0.5) is 0 Å². The molecule has 0 saturated carbocycles. The smallest absolute Gasteiger partial charge is 0.266 e. The second-order valence-corrected chi connectivity index (χ2v) is 5.72. The Labute approximate surface area is 121 Å². The Kier molecular flexibility index (Phi) is 4.56. The van der Waals surface area contributed by atoms with E-state index in [2.05, 4.69) is 17.5 Å². The maximum atomic E-state index is 12.0. The van der Waals surface area contributed by atoms with Gasteiger partial charge in [-0.1, -0.05) is 37.1 Å². The molecule has 1 amide bonds. The number of carbonyl (C=O) groups excluding carboxylic acids is 1. The largest absolute Gasteiger partial charge is 0.282 e. The van der Waals surface area contributed by atoms with E-state index in [0.29, 0.717) is 9.90 Å². The molecule has 0 unspecified atom stereocenters. The molecule has 0 aliphatic heterocycles. The van der Waals surface area contributed by atoms with Crippen LogP contribution >= 0.6 is 22.9 Å². The summed E-state index contributed by atoms with van der Waals surface area (Å²) in [5.41, 5.74) is 3.66. The lowest BCUT2D eigenvalue weighted by Gasteiger charge is -1.96. The zero-order chi connectivity index (χ0) is 13.8. The van der Waals surface area contributed by atoms with Crippen molar-refractivity contribution >= 4 is 45.1 Å². The molecule has 0 saturated heterocycles. The van der Waals surface area contributed by atoms with E-state index in [1.165, 1.54) is 11.3 Å². The third kappa shape index (κ3) is 3.14. The minimum absolute atomic E-state index is 0.254. The number of amides is 1. The highest BCUT2D eigenvalue weighted by atomic mass is 35.5. The first-order chi connectivity index (χ1) is 9.13. The van der Waals surface area contributed by atoms with Crippen molar-refractivity contribution in [1.82, 2.24) is 5.43 Å². The van der Waals surface area contributed by atoms with Gasteiger partial charge in [0.15, 0.2) is 0 Å². The van der Waals surface area contributed by atoms with Gasteiger partial charge in [-0.15, -0.1) is 11.3 Å². The summed E-state index contributed by atoms with van der Waals surface area (Å²) in [5.74, 6) is -0.254. The van der Waals surface area contributed by atoms with Gasteiger partial charge in [-0.25, -0.2) is 5.43 Å². The van der Waals surface area contributed by atoms with Crippen LogP contribution in [0.3, 0.4) is 0 Å². The highest BCUT2D eigenvalue weighted by Crippen LogP contribution is 2.35. The van der Waals surface area contributed by atoms with Crippen LogP contribution in [-0.4, -0.2) is 12.1 Å². The number of unbranched alkanes of at least 4 members (excludes halogenated alkanes) is 1. The van der Waals surface area contributed by atoms with Crippen LogP contribution in [0.2, 0.25) is 5.02 Å². The third-order valence-corrected chi connectivity index (χ3v) is 4.32. The van der Waals surface area contributed by atoms with Crippen molar-refractivity contribution in [3.8, 4) is 0 Å². The predicted molar refractivity (Wildman–Crippen MR) is 82.4 cm³/mol. The van der Waals surface area contributed by atoms with Crippen molar-refractivity contribution in [3.63, 3.8) is 0 Å². The Morgan fingerprint density at radius 3 is 3.05 bits per heavy atom. The molecule has 0 aliphatic rings. The van der Waals surface area contributed by atoms with Gasteiger partial charge < -0.3 is 0 Å². The zero-order valence-electron chi connectivity index (χ0n) is 10.9. The lowest BCUT2D eigenvalue weighted by atomic mass is 10.2. The molecule has 1 heterocycles. The number of nitrogens with zero attached hydrogens (tertiary/aromatic N) is 1. The van der Waals surface area contributed by atoms with E-state index < -0.39 is 0 Å². The van der Waals surface area contributed by atoms with Gasteiger partial charge in [-0.05, 0) is 25.0 Å². The van der Waals surface area contributed by atoms with Gasteiger partial charge in [0.05, 0.1) is 5.02 Å². The molecule has 19 heavy (non-hydrogen) atoms. The molecule has 0 bridgehead atoms. The van der Waals surface area contributed by atoms with Crippen LogP contribution < -0.4 is 5.43 Å². The Bertz CT molecular complexity index is 634. The van der Waals surface area contributed by atoms with Crippen molar-refractivity contribution in [2.45, 2.75) is 26.7 Å². The average Bonchev–Trinajstić information content (AvgIpc) is 2.71. The van der Waals surface area contributed by atoms with Crippen molar-refractivity contribution in [2.75, 3.05) is 0 Å². The lowest BCUT2D eigenvalue weighted by Crippen LogP contribution is -2.16. The molecule has 2 rings (SSSR count). The SMILES string of the molecule is CCC/C=N/NC(=O)c1sc2cc(C)ccc2c1Cl. The van der Waals surface area contributed by atoms with Crippen LogP contribution in [0.1, 0.15) is 35.0 Å². The first kappa shape index (κ1) is 14.0. The van der Waals surface area contributed by atoms with Gasteiger partial charge in [0, 0.05) is 16.3 Å². The molecule has 1 N–H and O–H groups in total. The topological polar surface area (TPSA) is 41.5 Å². The van der Waals surface area contributed by atoms with E-state index in [9.17, 15) is 4.79 Å². The number of carbonyl (C=O) groups is 1. The number of hydrazone groups is 1. The Morgan fingerprint density at radius 1 is 1.53 bits per heavy atom. The van der Waals surface area contributed by atoms with Crippen molar-refractivity contribution in [1.29, 1.82) is 0 Å². The number of hydrogen-bond donors (Lipinski definition) is 1. The standard InChI is InChI=1S/C14H15ClN2OS/c1-3-4-7-16-17-14(18)13-12(15)10-6-5-9(2)8-11(10)19-13/h5-8H,3-4H2,1-2H3,(H,17,18)/b16-7+. The summed E-state index contributed by atoms with van der Waals surface area (Å²) in [6.45, 7) is 4.07. The average molecular weight is 295 g/mol. The molecule has 0 aliphatic carbocycles. The summed E-state index contributed by atoms with van der Waals surface area (Å²) in [6.07, 6.45) is 3.55. The number of aryl methyl sites for hydroxylation is 1. The maximum Gasteiger partial charge on any atom is 0.282 e. The molecule has 2 aromatic rings. The van der Waals surface area contributed by atoms with Crippen LogP contribution in [-0.2, 0) is 0 Å². The number of thiophene rings is 1. The van der Waals surface area contributed by atoms with E-state index in [4.69, 9.17) is 11.6 Å². The summed E-state index contributed by atoms with van der Waals surface area (Å²) < 4.78 is 1.02. The molecular weight excluding hydrogens is 280 g/mol. The number of rotatable bonds is 4. The number of nitrogens with one attached hydrogen (secondary N) is 1. The van der Waals surface area contributed by atoms with Gasteiger partial charge in [-0.3, -0.25) is 4.79 Å². The van der Waals surface area contributed by atoms with Crippen LogP contribution in [0.25, 0.3) is 10.1 Å². The molecular formula is C14H15ClN2OS. The van der Waals surface area contributed by atoms with E-state index in [1.54, 1.807) is 6.21 Å². The van der Waals surface area contributed by atoms with Gasteiger partial charge in [0.25, 0.3) is 5.91 Å². The van der Waals surface area contributed by atoms with E-state index >= 15 is 0 Å². The molecule has 0 radical (unpaired) electrons. The molecule has 0 fully saturated rings. The lowest BCUT2D eigenvalue weighted by molar-refractivity contribution is 0.0959. The van der Waals surface area contributed by atoms with E-state index in [1.807, 2.05) is 25.1 Å². The molecule has 1 aromatic carbocycles. The maximum absolute atomic E-state index is 12.0. The van der Waals surface area contributed by atoms with Gasteiger partial charge in [-0.2, -0.15) is 5.10 Å². The fourth-order valence-corrected chi connectivity index (χ4v) is 3.17. The molecule has 0 spiro atoms. The molecule has 100 valence electrons. The number of fused-ring (bicyclic) bond motifs is 1. The highest BCUT2D eigenvalue weighted by molar-refractivity contribution is 7.21. The number of hydrogen-bond acceptors (Lipinski definition) is 3. The van der Waals surface area contributed by atoms with Crippen LogP contribution in [0.15, 0.2) is 23.3 Å². The molecule has 5 heteroatoms. The van der Waals surface area contributed by atoms with Crippen molar-refractivity contribution < 1.29 is 4.79 Å². The van der Waals surface area contributed by atoms with E-state index in [0.717, 1.165) is 28.5 Å². The predicted octanol–water partition coefficient (Wildman–Crippen LogP) is 4.38. The Balaban J connectivity index is 2.25. The second-order valence-electron chi connectivity index (χ2n) is 4.29. The highest BCUT2D eigenvalue weighted by Gasteiger charge is 2.16. The van der Waals surface area contributed by atoms with Crippen molar-refractivity contribution in [2.24, 2.45) is 5.10 Å². The third-order valence-electron chi connectivity index (χ3n) is 2.67. The van der Waals surface area contributed by atoms with Gasteiger partial charge in [0.2, 0.25) is 0 Å². The van der Waals surface area contributed by atoms with Crippen LogP contribution in [0, 0.1) is 6.92 Å². The van der Waals surface area contributed by atoms with Crippen LogP contribution in [0.5, 0.6) is 0 Å². The summed E-state index contributed by atoms with van der Waals surface area (Å²) >= 11 is 7.63. The molecule has 1 aromatic heterocycles. The second kappa shape index (κ2) is 6.17. The summed E-state index contributed by atoms with van der Waals surface area (Å²) in [7, 11) is 0. The molecule has 3 nitrogen and oxygen atoms in total. The number of benzene rings is 1. The quantitative estimate of drug-likeness (QED) is 0.660. The Hall–Kier alpha value is -1.39. The summed E-state index contributed by atoms with van der Waals surface area (Å²) in [6, 6.07) is 5.96.